The lowest BCUT2D eigenvalue weighted by Gasteiger charge is -2.38. The fraction of sp³-hybridized carbons (Fsp3) is 0.500. The van der Waals surface area contributed by atoms with Gasteiger partial charge in [-0.3, -0.25) is 14.9 Å². The molecule has 0 aliphatic carbocycles. The molecule has 3 rings (SSSR count). The van der Waals surface area contributed by atoms with E-state index in [0.717, 1.165) is 6.20 Å². The zero-order chi connectivity index (χ0) is 23.7. The molecule has 1 fully saturated rings. The molecule has 0 spiro atoms. The Balaban J connectivity index is 1.56. The number of halogens is 6. The third-order valence-electron chi connectivity index (χ3n) is 4.47. The largest absolute Gasteiger partial charge is 0.434 e. The van der Waals surface area contributed by atoms with Gasteiger partial charge in [-0.05, 0) is 0 Å². The number of rotatable bonds is 5. The van der Waals surface area contributed by atoms with Gasteiger partial charge < -0.3 is 25.6 Å². The van der Waals surface area contributed by atoms with Crippen molar-refractivity contribution in [3.05, 3.63) is 35.5 Å². The van der Waals surface area contributed by atoms with Gasteiger partial charge in [-0.15, -0.1) is 0 Å². The molecule has 176 valence electrons. The number of carbonyl (C=O) groups is 1. The Kier molecular flexibility index (Phi) is 6.56. The smallest absolute Gasteiger partial charge is 0.388 e. The van der Waals surface area contributed by atoms with Crippen molar-refractivity contribution in [1.29, 1.82) is 0 Å². The highest BCUT2D eigenvalue weighted by molar-refractivity contribution is 5.92. The molecular formula is C16H16F6N6O4. The summed E-state index contributed by atoms with van der Waals surface area (Å²) in [6, 6.07) is -0.561. The quantitative estimate of drug-likeness (QED) is 0.399. The van der Waals surface area contributed by atoms with Crippen molar-refractivity contribution in [3.8, 4) is 0 Å². The van der Waals surface area contributed by atoms with Crippen molar-refractivity contribution >= 4 is 11.7 Å². The summed E-state index contributed by atoms with van der Waals surface area (Å²) in [5.74, 6) is -1.30. The van der Waals surface area contributed by atoms with Gasteiger partial charge in [0.15, 0.2) is 11.4 Å². The predicted molar refractivity (Wildman–Crippen MR) is 92.1 cm³/mol. The second-order valence-corrected chi connectivity index (χ2v) is 6.77. The predicted octanol–water partition coefficient (Wildman–Crippen LogP) is 0.568. The standard InChI is InChI=1S/C16H16F6N6O4/c17-15(18,19)9-1-6(27-28-9)14(31)24-2-8-13(30)12(29)7(5-32-8)25-11-4-23-3-10(26-11)16(20,21)22/h1,3-4,7-8,12-13,29-30H,2,5H2,(H,24,31)(H,25,26)(H,27,28)/t7-,8+,12+,13-/m0/s1. The van der Waals surface area contributed by atoms with Crippen LogP contribution in [-0.4, -0.2) is 73.8 Å². The first-order valence-electron chi connectivity index (χ1n) is 8.90. The molecule has 0 unspecified atom stereocenters. The van der Waals surface area contributed by atoms with E-state index in [-0.39, 0.29) is 19.0 Å². The highest BCUT2D eigenvalue weighted by Gasteiger charge is 2.40. The zero-order valence-corrected chi connectivity index (χ0v) is 15.8. The maximum atomic E-state index is 12.7. The number of aliphatic hydroxyl groups is 2. The third kappa shape index (κ3) is 5.43. The second kappa shape index (κ2) is 8.87. The van der Waals surface area contributed by atoms with Gasteiger partial charge in [-0.2, -0.15) is 31.4 Å². The summed E-state index contributed by atoms with van der Waals surface area (Å²) in [7, 11) is 0. The SMILES string of the molecule is O=C(NC[C@H]1OC[C@H](Nc2cncc(C(F)(F)F)n2)[C@@H](O)[C@H]1O)c1cc(C(F)(F)F)[nH]n1. The molecule has 16 heteroatoms. The van der Waals surface area contributed by atoms with Gasteiger partial charge >= 0.3 is 12.4 Å². The monoisotopic (exact) mass is 470 g/mol. The van der Waals surface area contributed by atoms with Crippen molar-refractivity contribution in [3.63, 3.8) is 0 Å². The average molecular weight is 470 g/mol. The maximum Gasteiger partial charge on any atom is 0.434 e. The van der Waals surface area contributed by atoms with Crippen LogP contribution in [0, 0.1) is 0 Å². The molecule has 5 N–H and O–H groups in total. The van der Waals surface area contributed by atoms with Crippen LogP contribution in [0.4, 0.5) is 32.2 Å². The molecule has 32 heavy (non-hydrogen) atoms. The van der Waals surface area contributed by atoms with Crippen LogP contribution in [0.15, 0.2) is 18.5 Å². The van der Waals surface area contributed by atoms with Gasteiger partial charge in [0.1, 0.15) is 29.8 Å². The van der Waals surface area contributed by atoms with Crippen molar-refractivity contribution in [2.24, 2.45) is 0 Å². The van der Waals surface area contributed by atoms with Gasteiger partial charge in [-0.1, -0.05) is 0 Å². The van der Waals surface area contributed by atoms with E-state index in [1.807, 2.05) is 0 Å². The molecule has 0 saturated carbocycles. The molecule has 2 aromatic heterocycles. The molecule has 10 nitrogen and oxygen atoms in total. The number of carbonyl (C=O) groups excluding carboxylic acids is 1. The Morgan fingerprint density at radius 1 is 1.16 bits per heavy atom. The number of ether oxygens (including phenoxy) is 1. The Labute approximate surface area is 175 Å². The van der Waals surface area contributed by atoms with Crippen LogP contribution < -0.4 is 10.6 Å². The molecule has 1 aliphatic heterocycles. The van der Waals surface area contributed by atoms with Gasteiger partial charge in [0.2, 0.25) is 0 Å². The first-order chi connectivity index (χ1) is 14.9. The van der Waals surface area contributed by atoms with Crippen molar-refractivity contribution in [2.45, 2.75) is 36.7 Å². The molecule has 0 bridgehead atoms. The third-order valence-corrected chi connectivity index (χ3v) is 4.47. The minimum absolute atomic E-state index is 0.294. The number of nitrogens with zero attached hydrogens (tertiary/aromatic N) is 3. The number of amides is 1. The summed E-state index contributed by atoms with van der Waals surface area (Å²) in [6.45, 7) is -0.682. The lowest BCUT2D eigenvalue weighted by atomic mass is 9.98. The van der Waals surface area contributed by atoms with Crippen LogP contribution >= 0.6 is 0 Å². The number of anilines is 1. The molecule has 0 aromatic carbocycles. The first-order valence-corrected chi connectivity index (χ1v) is 8.90. The van der Waals surface area contributed by atoms with E-state index >= 15 is 0 Å². The summed E-state index contributed by atoms with van der Waals surface area (Å²) in [5.41, 5.74) is -3.04. The van der Waals surface area contributed by atoms with E-state index in [4.69, 9.17) is 4.74 Å². The summed E-state index contributed by atoms with van der Waals surface area (Å²) in [5, 5.41) is 30.1. The van der Waals surface area contributed by atoms with E-state index in [1.165, 1.54) is 0 Å². The number of hydrogen-bond acceptors (Lipinski definition) is 8. The maximum absolute atomic E-state index is 12.7. The van der Waals surface area contributed by atoms with E-state index in [1.54, 1.807) is 5.10 Å². The molecule has 1 saturated heterocycles. The first kappa shape index (κ1) is 23.7. The van der Waals surface area contributed by atoms with Gasteiger partial charge in [0, 0.05) is 12.6 Å². The van der Waals surface area contributed by atoms with Crippen molar-refractivity contribution in [1.82, 2.24) is 25.5 Å². The zero-order valence-electron chi connectivity index (χ0n) is 15.8. The second-order valence-electron chi connectivity index (χ2n) is 6.77. The fourth-order valence-corrected chi connectivity index (χ4v) is 2.82. The topological polar surface area (TPSA) is 145 Å². The fourth-order valence-electron chi connectivity index (χ4n) is 2.82. The van der Waals surface area contributed by atoms with Crippen LogP contribution in [0.3, 0.4) is 0 Å². The number of aliphatic hydroxyl groups excluding tert-OH is 2. The summed E-state index contributed by atoms with van der Waals surface area (Å²) < 4.78 is 81.2. The molecule has 3 heterocycles. The number of hydrogen-bond donors (Lipinski definition) is 5. The van der Waals surface area contributed by atoms with Crippen LogP contribution in [-0.2, 0) is 17.1 Å². The molecule has 2 aromatic rings. The van der Waals surface area contributed by atoms with Crippen LogP contribution in [0.25, 0.3) is 0 Å². The highest BCUT2D eigenvalue weighted by Crippen LogP contribution is 2.29. The number of alkyl halides is 6. The number of nitrogens with one attached hydrogen (secondary N) is 3. The van der Waals surface area contributed by atoms with E-state index in [9.17, 15) is 41.4 Å². The van der Waals surface area contributed by atoms with E-state index < -0.39 is 59.7 Å². The minimum Gasteiger partial charge on any atom is -0.388 e. The molecule has 4 atom stereocenters. The van der Waals surface area contributed by atoms with Crippen LogP contribution in [0.5, 0.6) is 0 Å². The molecule has 0 radical (unpaired) electrons. The Morgan fingerprint density at radius 2 is 1.88 bits per heavy atom. The van der Waals surface area contributed by atoms with E-state index in [0.29, 0.717) is 12.3 Å². The minimum atomic E-state index is -4.73. The number of aromatic amines is 1. The molecule has 1 amide bonds. The number of aromatic nitrogens is 4. The van der Waals surface area contributed by atoms with Gasteiger partial charge in [0.05, 0.1) is 25.0 Å². The van der Waals surface area contributed by atoms with Crippen LogP contribution in [0.1, 0.15) is 21.9 Å². The Morgan fingerprint density at radius 3 is 2.50 bits per heavy atom. The van der Waals surface area contributed by atoms with Gasteiger partial charge in [-0.25, -0.2) is 4.98 Å². The Hall–Kier alpha value is -2.98. The molecule has 1 aliphatic rings. The summed E-state index contributed by atoms with van der Waals surface area (Å²) in [6.07, 6.45) is -12.2. The average Bonchev–Trinajstić information content (AvgIpc) is 3.21. The van der Waals surface area contributed by atoms with Crippen molar-refractivity contribution in [2.75, 3.05) is 18.5 Å². The van der Waals surface area contributed by atoms with E-state index in [2.05, 4.69) is 25.7 Å². The number of H-pyrrole nitrogens is 1. The summed E-state index contributed by atoms with van der Waals surface area (Å²) in [4.78, 5) is 18.7. The molecular weight excluding hydrogens is 454 g/mol. The highest BCUT2D eigenvalue weighted by atomic mass is 19.4. The van der Waals surface area contributed by atoms with Crippen LogP contribution in [0.2, 0.25) is 0 Å². The Bertz CT molecular complexity index is 952. The lowest BCUT2D eigenvalue weighted by Crippen LogP contribution is -2.58. The summed E-state index contributed by atoms with van der Waals surface area (Å²) >= 11 is 0. The van der Waals surface area contributed by atoms with Crippen molar-refractivity contribution < 1.29 is 46.1 Å². The normalized spacial score (nSPS) is 24.2. The lowest BCUT2D eigenvalue weighted by molar-refractivity contribution is -0.142. The van der Waals surface area contributed by atoms with Gasteiger partial charge in [0.25, 0.3) is 5.91 Å².